The van der Waals surface area contributed by atoms with Crippen molar-refractivity contribution in [2.24, 2.45) is 0 Å². The molecule has 108 valence electrons. The molecule has 0 bridgehead atoms. The van der Waals surface area contributed by atoms with Gasteiger partial charge in [-0.05, 0) is 35.9 Å². The molecule has 0 saturated carbocycles. The maximum atomic E-state index is 11.9. The Morgan fingerprint density at radius 3 is 2.50 bits per heavy atom. The molecule has 0 atom stereocenters. The molecule has 0 unspecified atom stereocenters. The average molecular weight is 290 g/mol. The van der Waals surface area contributed by atoms with Crippen LogP contribution in [0.25, 0.3) is 11.4 Å². The molecule has 22 heavy (non-hydrogen) atoms. The number of hydrogen-bond donors (Lipinski definition) is 1. The van der Waals surface area contributed by atoms with Crippen molar-refractivity contribution in [3.05, 3.63) is 78.4 Å². The van der Waals surface area contributed by atoms with Crippen molar-refractivity contribution in [1.82, 2.24) is 20.3 Å². The molecular formula is C17H14N4O. The van der Waals surface area contributed by atoms with Crippen LogP contribution in [0.15, 0.2) is 67.3 Å². The summed E-state index contributed by atoms with van der Waals surface area (Å²) in [4.78, 5) is 24.5. The van der Waals surface area contributed by atoms with E-state index in [0.29, 0.717) is 12.1 Å². The summed E-state index contributed by atoms with van der Waals surface area (Å²) in [6.45, 7) is 0.420. The number of rotatable bonds is 4. The van der Waals surface area contributed by atoms with E-state index in [4.69, 9.17) is 0 Å². The third-order valence-corrected chi connectivity index (χ3v) is 3.13. The van der Waals surface area contributed by atoms with E-state index in [-0.39, 0.29) is 5.91 Å². The Bertz CT molecular complexity index is 743. The molecule has 0 spiro atoms. The first-order valence-electron chi connectivity index (χ1n) is 6.87. The highest BCUT2D eigenvalue weighted by Crippen LogP contribution is 2.13. The molecule has 5 nitrogen and oxygen atoms in total. The number of aromatic nitrogens is 3. The van der Waals surface area contributed by atoms with Gasteiger partial charge in [-0.25, -0.2) is 0 Å². The Kier molecular flexibility index (Phi) is 4.15. The highest BCUT2D eigenvalue weighted by molar-refractivity contribution is 5.93. The molecule has 5 heteroatoms. The van der Waals surface area contributed by atoms with Gasteiger partial charge in [0.1, 0.15) is 0 Å². The van der Waals surface area contributed by atoms with Crippen LogP contribution in [0.4, 0.5) is 0 Å². The highest BCUT2D eigenvalue weighted by Gasteiger charge is 2.05. The lowest BCUT2D eigenvalue weighted by Gasteiger charge is -2.06. The zero-order valence-electron chi connectivity index (χ0n) is 11.8. The number of carbonyl (C=O) groups is 1. The van der Waals surface area contributed by atoms with Crippen LogP contribution in [0, 0.1) is 0 Å². The second-order valence-corrected chi connectivity index (χ2v) is 4.69. The van der Waals surface area contributed by atoms with E-state index < -0.39 is 0 Å². The van der Waals surface area contributed by atoms with Crippen LogP contribution in [-0.2, 0) is 6.54 Å². The summed E-state index contributed by atoms with van der Waals surface area (Å²) in [6, 6.07) is 13.0. The van der Waals surface area contributed by atoms with E-state index in [9.17, 15) is 4.79 Å². The van der Waals surface area contributed by atoms with Gasteiger partial charge in [-0.2, -0.15) is 0 Å². The average Bonchev–Trinajstić information content (AvgIpc) is 2.61. The van der Waals surface area contributed by atoms with Crippen molar-refractivity contribution in [2.75, 3.05) is 0 Å². The third kappa shape index (κ3) is 3.32. The molecule has 0 aliphatic heterocycles. The van der Waals surface area contributed by atoms with E-state index in [0.717, 1.165) is 17.0 Å². The van der Waals surface area contributed by atoms with E-state index in [1.54, 1.807) is 30.7 Å². The summed E-state index contributed by atoms with van der Waals surface area (Å²) >= 11 is 0. The van der Waals surface area contributed by atoms with Crippen molar-refractivity contribution >= 4 is 5.91 Å². The number of carbonyl (C=O) groups excluding carboxylic acids is 1. The second kappa shape index (κ2) is 6.58. The fourth-order valence-electron chi connectivity index (χ4n) is 1.98. The molecule has 0 radical (unpaired) electrons. The number of hydrogen-bond acceptors (Lipinski definition) is 4. The van der Waals surface area contributed by atoms with Crippen LogP contribution in [0.5, 0.6) is 0 Å². The van der Waals surface area contributed by atoms with Gasteiger partial charge in [-0.3, -0.25) is 19.7 Å². The largest absolute Gasteiger partial charge is 0.348 e. The standard InChI is InChI=1S/C17H14N4O/c22-17(14-4-3-8-18-12-14)21-11-13-6-7-16(20-10-13)15-5-1-2-9-19-15/h1-10,12H,11H2,(H,21,22). The number of nitrogens with one attached hydrogen (secondary N) is 1. The maximum Gasteiger partial charge on any atom is 0.253 e. The zero-order chi connectivity index (χ0) is 15.2. The van der Waals surface area contributed by atoms with Crippen molar-refractivity contribution in [1.29, 1.82) is 0 Å². The van der Waals surface area contributed by atoms with Gasteiger partial charge in [0.15, 0.2) is 0 Å². The van der Waals surface area contributed by atoms with E-state index in [1.807, 2.05) is 30.3 Å². The summed E-state index contributed by atoms with van der Waals surface area (Å²) in [7, 11) is 0. The Morgan fingerprint density at radius 2 is 1.82 bits per heavy atom. The number of pyridine rings is 3. The van der Waals surface area contributed by atoms with E-state index >= 15 is 0 Å². The molecule has 1 amide bonds. The minimum Gasteiger partial charge on any atom is -0.348 e. The van der Waals surface area contributed by atoms with Crippen molar-refractivity contribution in [3.63, 3.8) is 0 Å². The molecule has 0 aliphatic rings. The molecule has 0 fully saturated rings. The van der Waals surface area contributed by atoms with E-state index in [2.05, 4.69) is 20.3 Å². The lowest BCUT2D eigenvalue weighted by atomic mass is 10.2. The van der Waals surface area contributed by atoms with Crippen LogP contribution < -0.4 is 5.32 Å². The third-order valence-electron chi connectivity index (χ3n) is 3.13. The second-order valence-electron chi connectivity index (χ2n) is 4.69. The molecule has 3 aromatic rings. The molecule has 0 aromatic carbocycles. The molecule has 3 heterocycles. The molecule has 0 aliphatic carbocycles. The first-order valence-corrected chi connectivity index (χ1v) is 6.87. The Labute approximate surface area is 128 Å². The lowest BCUT2D eigenvalue weighted by molar-refractivity contribution is 0.0950. The summed E-state index contributed by atoms with van der Waals surface area (Å²) in [5.41, 5.74) is 3.11. The first kappa shape index (κ1) is 13.9. The highest BCUT2D eigenvalue weighted by atomic mass is 16.1. The molecule has 0 saturated heterocycles. The van der Waals surface area contributed by atoms with Gasteiger partial charge in [0.25, 0.3) is 5.91 Å². The summed E-state index contributed by atoms with van der Waals surface area (Å²) < 4.78 is 0. The minimum absolute atomic E-state index is 0.151. The molecular weight excluding hydrogens is 276 g/mol. The Hall–Kier alpha value is -3.08. The van der Waals surface area contributed by atoms with Crippen LogP contribution in [-0.4, -0.2) is 20.9 Å². The predicted octanol–water partition coefficient (Wildman–Crippen LogP) is 2.47. The van der Waals surface area contributed by atoms with E-state index in [1.165, 1.54) is 6.20 Å². The van der Waals surface area contributed by atoms with Crippen LogP contribution in [0.2, 0.25) is 0 Å². The number of nitrogens with zero attached hydrogens (tertiary/aromatic N) is 3. The molecule has 1 N–H and O–H groups in total. The van der Waals surface area contributed by atoms with Crippen molar-refractivity contribution in [2.45, 2.75) is 6.54 Å². The van der Waals surface area contributed by atoms with Gasteiger partial charge >= 0.3 is 0 Å². The normalized spacial score (nSPS) is 10.2. The maximum absolute atomic E-state index is 11.9. The van der Waals surface area contributed by atoms with Crippen LogP contribution in [0.3, 0.4) is 0 Å². The Morgan fingerprint density at radius 1 is 0.909 bits per heavy atom. The zero-order valence-corrected chi connectivity index (χ0v) is 11.8. The predicted molar refractivity (Wildman–Crippen MR) is 82.9 cm³/mol. The SMILES string of the molecule is O=C(NCc1ccc(-c2ccccn2)nc1)c1cccnc1. The molecule has 3 rings (SSSR count). The lowest BCUT2D eigenvalue weighted by Crippen LogP contribution is -2.22. The fourth-order valence-corrected chi connectivity index (χ4v) is 1.98. The summed E-state index contributed by atoms with van der Waals surface area (Å²) in [5, 5.41) is 2.84. The summed E-state index contributed by atoms with van der Waals surface area (Å²) in [6.07, 6.45) is 6.65. The smallest absolute Gasteiger partial charge is 0.253 e. The van der Waals surface area contributed by atoms with Gasteiger partial charge in [0.05, 0.1) is 17.0 Å². The first-order chi connectivity index (χ1) is 10.8. The minimum atomic E-state index is -0.151. The molecule has 3 aromatic heterocycles. The Balaban J connectivity index is 1.63. The van der Waals surface area contributed by atoms with Crippen molar-refractivity contribution in [3.8, 4) is 11.4 Å². The van der Waals surface area contributed by atoms with Gasteiger partial charge in [0.2, 0.25) is 0 Å². The van der Waals surface area contributed by atoms with Gasteiger partial charge in [-0.15, -0.1) is 0 Å². The van der Waals surface area contributed by atoms with Crippen molar-refractivity contribution < 1.29 is 4.79 Å². The van der Waals surface area contributed by atoms with Crippen LogP contribution in [0.1, 0.15) is 15.9 Å². The van der Waals surface area contributed by atoms with Gasteiger partial charge < -0.3 is 5.32 Å². The van der Waals surface area contributed by atoms with Gasteiger partial charge in [0, 0.05) is 31.3 Å². The van der Waals surface area contributed by atoms with Gasteiger partial charge in [-0.1, -0.05) is 12.1 Å². The van der Waals surface area contributed by atoms with Crippen LogP contribution >= 0.6 is 0 Å². The fraction of sp³-hybridized carbons (Fsp3) is 0.0588. The topological polar surface area (TPSA) is 67.8 Å². The number of amides is 1. The summed E-state index contributed by atoms with van der Waals surface area (Å²) in [5.74, 6) is -0.151. The quantitative estimate of drug-likeness (QED) is 0.801. The monoisotopic (exact) mass is 290 g/mol.